The Kier molecular flexibility index (Phi) is 3.83. The monoisotopic (exact) mass is 270 g/mol. The second kappa shape index (κ2) is 5.10. The molecule has 0 aromatic heterocycles. The van der Waals surface area contributed by atoms with Crippen LogP contribution in [0.2, 0.25) is 0 Å². The van der Waals surface area contributed by atoms with Crippen molar-refractivity contribution in [2.45, 2.75) is 51.6 Å². The normalized spacial score (nSPS) is 31.8. The number of nitrogens with zero attached hydrogens (tertiary/aromatic N) is 1. The van der Waals surface area contributed by atoms with Gasteiger partial charge in [-0.05, 0) is 38.0 Å². The Balaban J connectivity index is 2.23. The van der Waals surface area contributed by atoms with Gasteiger partial charge < -0.3 is 10.2 Å². The summed E-state index contributed by atoms with van der Waals surface area (Å²) in [5.74, 6) is 0.260. The van der Waals surface area contributed by atoms with Gasteiger partial charge in [-0.15, -0.1) is 0 Å². The predicted octanol–water partition coefficient (Wildman–Crippen LogP) is 1.50. The third-order valence-electron chi connectivity index (χ3n) is 4.18. The second-order valence-corrected chi connectivity index (χ2v) is 6.30. The lowest BCUT2D eigenvalue weighted by Crippen LogP contribution is -2.70. The SMILES string of the molecule is CC(C)CC1C(=O)NC(C)(C2CC2)C(=O)N1CCF. The fourth-order valence-corrected chi connectivity index (χ4v) is 2.94. The third kappa shape index (κ3) is 2.60. The molecule has 2 amide bonds. The minimum atomic E-state index is -0.820. The molecule has 4 nitrogen and oxygen atoms in total. The van der Waals surface area contributed by atoms with Crippen molar-refractivity contribution in [1.29, 1.82) is 0 Å². The Morgan fingerprint density at radius 1 is 1.42 bits per heavy atom. The van der Waals surface area contributed by atoms with E-state index in [2.05, 4.69) is 5.32 Å². The number of nitrogens with one attached hydrogen (secondary N) is 1. The maximum atomic E-state index is 12.7. The van der Waals surface area contributed by atoms with E-state index in [4.69, 9.17) is 0 Å². The number of rotatable bonds is 5. The van der Waals surface area contributed by atoms with E-state index in [0.29, 0.717) is 6.42 Å². The van der Waals surface area contributed by atoms with Crippen LogP contribution in [0.3, 0.4) is 0 Å². The summed E-state index contributed by atoms with van der Waals surface area (Å²) >= 11 is 0. The van der Waals surface area contributed by atoms with Gasteiger partial charge in [-0.2, -0.15) is 0 Å². The van der Waals surface area contributed by atoms with Crippen LogP contribution in [-0.4, -0.2) is 41.5 Å². The average Bonchev–Trinajstić information content (AvgIpc) is 3.14. The van der Waals surface area contributed by atoms with Crippen LogP contribution in [0.1, 0.15) is 40.0 Å². The van der Waals surface area contributed by atoms with Gasteiger partial charge in [0, 0.05) is 6.54 Å². The van der Waals surface area contributed by atoms with Gasteiger partial charge in [0.25, 0.3) is 0 Å². The van der Waals surface area contributed by atoms with E-state index >= 15 is 0 Å². The molecule has 0 aromatic carbocycles. The Bertz CT molecular complexity index is 382. The summed E-state index contributed by atoms with van der Waals surface area (Å²) in [6.45, 7) is 5.20. The average molecular weight is 270 g/mol. The number of carbonyl (C=O) groups excluding carboxylic acids is 2. The minimum Gasteiger partial charge on any atom is -0.340 e. The molecule has 2 aliphatic rings. The summed E-state index contributed by atoms with van der Waals surface area (Å²) in [4.78, 5) is 26.3. The molecule has 1 heterocycles. The van der Waals surface area contributed by atoms with Crippen LogP contribution < -0.4 is 5.32 Å². The first-order valence-corrected chi connectivity index (χ1v) is 7.09. The first-order valence-electron chi connectivity index (χ1n) is 7.09. The fourth-order valence-electron chi connectivity index (χ4n) is 2.94. The summed E-state index contributed by atoms with van der Waals surface area (Å²) in [5, 5.41) is 2.90. The van der Waals surface area contributed by atoms with Crippen LogP contribution >= 0.6 is 0 Å². The van der Waals surface area contributed by atoms with Crippen LogP contribution in [0.25, 0.3) is 0 Å². The summed E-state index contributed by atoms with van der Waals surface area (Å²) in [7, 11) is 0. The topological polar surface area (TPSA) is 49.4 Å². The molecule has 1 aliphatic heterocycles. The van der Waals surface area contributed by atoms with E-state index < -0.39 is 18.3 Å². The van der Waals surface area contributed by atoms with Gasteiger partial charge in [-0.3, -0.25) is 9.59 Å². The lowest BCUT2D eigenvalue weighted by atomic mass is 9.87. The molecule has 2 unspecified atom stereocenters. The summed E-state index contributed by atoms with van der Waals surface area (Å²) < 4.78 is 12.7. The van der Waals surface area contributed by atoms with Crippen LogP contribution in [0, 0.1) is 11.8 Å². The Labute approximate surface area is 113 Å². The quantitative estimate of drug-likeness (QED) is 0.823. The van der Waals surface area contributed by atoms with Crippen LogP contribution in [0.15, 0.2) is 0 Å². The molecule has 1 saturated carbocycles. The van der Waals surface area contributed by atoms with Crippen molar-refractivity contribution in [3.05, 3.63) is 0 Å². The standard InChI is InChI=1S/C14H23FN2O2/c1-9(2)8-11-12(18)16-14(3,10-4-5-10)13(19)17(11)7-6-15/h9-11H,4-8H2,1-3H3,(H,16,18). The van der Waals surface area contributed by atoms with Gasteiger partial charge in [0.1, 0.15) is 18.3 Å². The number of hydrogen-bond donors (Lipinski definition) is 1. The zero-order valence-corrected chi connectivity index (χ0v) is 11.9. The minimum absolute atomic E-state index is 0.0198. The molecular weight excluding hydrogens is 247 g/mol. The molecule has 5 heteroatoms. The van der Waals surface area contributed by atoms with E-state index in [0.717, 1.165) is 12.8 Å². The zero-order valence-electron chi connectivity index (χ0n) is 11.9. The molecule has 1 aliphatic carbocycles. The van der Waals surface area contributed by atoms with E-state index in [1.54, 1.807) is 6.92 Å². The molecule has 19 heavy (non-hydrogen) atoms. The highest BCUT2D eigenvalue weighted by atomic mass is 19.1. The van der Waals surface area contributed by atoms with E-state index in [1.165, 1.54) is 4.90 Å². The van der Waals surface area contributed by atoms with Crippen molar-refractivity contribution in [1.82, 2.24) is 10.2 Å². The zero-order chi connectivity index (χ0) is 14.2. The summed E-state index contributed by atoms with van der Waals surface area (Å²) in [5.41, 5.74) is -0.820. The van der Waals surface area contributed by atoms with Gasteiger partial charge in [0.15, 0.2) is 0 Å². The van der Waals surface area contributed by atoms with Crippen LogP contribution in [-0.2, 0) is 9.59 Å². The molecule has 1 N–H and O–H groups in total. The molecule has 108 valence electrons. The highest BCUT2D eigenvalue weighted by Crippen LogP contribution is 2.42. The van der Waals surface area contributed by atoms with E-state index in [9.17, 15) is 14.0 Å². The van der Waals surface area contributed by atoms with Gasteiger partial charge in [0.05, 0.1) is 0 Å². The molecule has 0 bridgehead atoms. The van der Waals surface area contributed by atoms with E-state index in [-0.39, 0.29) is 30.2 Å². The highest BCUT2D eigenvalue weighted by molar-refractivity contribution is 6.00. The van der Waals surface area contributed by atoms with E-state index in [1.807, 2.05) is 13.8 Å². The maximum Gasteiger partial charge on any atom is 0.249 e. The second-order valence-electron chi connectivity index (χ2n) is 6.30. The number of alkyl halides is 1. The van der Waals surface area contributed by atoms with Crippen molar-refractivity contribution in [3.8, 4) is 0 Å². The number of piperazine rings is 1. The van der Waals surface area contributed by atoms with Crippen molar-refractivity contribution in [2.24, 2.45) is 11.8 Å². The number of halogens is 1. The van der Waals surface area contributed by atoms with Crippen LogP contribution in [0.4, 0.5) is 4.39 Å². The Morgan fingerprint density at radius 3 is 2.53 bits per heavy atom. The van der Waals surface area contributed by atoms with Crippen molar-refractivity contribution in [3.63, 3.8) is 0 Å². The lowest BCUT2D eigenvalue weighted by molar-refractivity contribution is -0.156. The molecule has 2 atom stereocenters. The van der Waals surface area contributed by atoms with Crippen molar-refractivity contribution in [2.75, 3.05) is 13.2 Å². The summed E-state index contributed by atoms with van der Waals surface area (Å²) in [6.07, 6.45) is 2.50. The smallest absolute Gasteiger partial charge is 0.249 e. The summed E-state index contributed by atoms with van der Waals surface area (Å²) in [6, 6.07) is -0.518. The first kappa shape index (κ1) is 14.3. The molecule has 0 radical (unpaired) electrons. The van der Waals surface area contributed by atoms with Gasteiger partial charge in [-0.25, -0.2) is 4.39 Å². The Morgan fingerprint density at radius 2 is 2.05 bits per heavy atom. The molecular formula is C14H23FN2O2. The van der Waals surface area contributed by atoms with Crippen LogP contribution in [0.5, 0.6) is 0 Å². The Hall–Kier alpha value is -1.13. The van der Waals surface area contributed by atoms with Gasteiger partial charge in [-0.1, -0.05) is 13.8 Å². The van der Waals surface area contributed by atoms with Gasteiger partial charge in [0.2, 0.25) is 11.8 Å². The first-order chi connectivity index (χ1) is 8.90. The molecule has 2 fully saturated rings. The van der Waals surface area contributed by atoms with Gasteiger partial charge >= 0.3 is 0 Å². The highest BCUT2D eigenvalue weighted by Gasteiger charge is 2.55. The predicted molar refractivity (Wildman–Crippen MR) is 70.2 cm³/mol. The number of amides is 2. The number of carbonyl (C=O) groups is 2. The third-order valence-corrected chi connectivity index (χ3v) is 4.18. The van der Waals surface area contributed by atoms with Crippen molar-refractivity contribution < 1.29 is 14.0 Å². The fraction of sp³-hybridized carbons (Fsp3) is 0.857. The molecule has 0 spiro atoms. The van der Waals surface area contributed by atoms with Crippen molar-refractivity contribution >= 4 is 11.8 Å². The largest absolute Gasteiger partial charge is 0.340 e. The molecule has 0 aromatic rings. The number of hydrogen-bond acceptors (Lipinski definition) is 2. The maximum absolute atomic E-state index is 12.7. The molecule has 1 saturated heterocycles. The molecule has 2 rings (SSSR count). The lowest BCUT2D eigenvalue weighted by Gasteiger charge is -2.45.